The van der Waals surface area contributed by atoms with Crippen molar-refractivity contribution in [3.8, 4) is 0 Å². The Hall–Kier alpha value is -3.01. The van der Waals surface area contributed by atoms with Crippen molar-refractivity contribution in [1.82, 2.24) is 14.8 Å². The van der Waals surface area contributed by atoms with Gasteiger partial charge in [0, 0.05) is 62.2 Å². The monoisotopic (exact) mass is 590 g/mol. The number of rotatable bonds is 8. The molecule has 0 spiro atoms. The van der Waals surface area contributed by atoms with Gasteiger partial charge < -0.3 is 24.5 Å². The summed E-state index contributed by atoms with van der Waals surface area (Å²) in [6.07, 6.45) is 7.65. The molecule has 9 heteroatoms. The number of benzene rings is 1. The maximum Gasteiger partial charge on any atom is 0.303 e. The summed E-state index contributed by atoms with van der Waals surface area (Å²) in [5.74, 6) is 0.607. The summed E-state index contributed by atoms with van der Waals surface area (Å²) >= 11 is 1.68. The van der Waals surface area contributed by atoms with E-state index < -0.39 is 5.97 Å². The van der Waals surface area contributed by atoms with Gasteiger partial charge in [0.1, 0.15) is 0 Å². The van der Waals surface area contributed by atoms with E-state index in [9.17, 15) is 14.7 Å². The van der Waals surface area contributed by atoms with Crippen LogP contribution in [0.2, 0.25) is 0 Å². The van der Waals surface area contributed by atoms with Crippen LogP contribution < -0.4 is 4.90 Å². The van der Waals surface area contributed by atoms with Crippen molar-refractivity contribution < 1.29 is 19.4 Å². The molecule has 2 unspecified atom stereocenters. The van der Waals surface area contributed by atoms with E-state index in [4.69, 9.17) is 9.72 Å². The maximum absolute atomic E-state index is 13.0. The number of carboxylic acids is 1. The van der Waals surface area contributed by atoms with Crippen LogP contribution in [0.25, 0.3) is 5.57 Å². The first-order valence-electron chi connectivity index (χ1n) is 15.2. The third kappa shape index (κ3) is 6.19. The van der Waals surface area contributed by atoms with E-state index in [2.05, 4.69) is 48.2 Å². The van der Waals surface area contributed by atoms with Crippen molar-refractivity contribution in [3.63, 3.8) is 0 Å². The third-order valence-electron chi connectivity index (χ3n) is 9.70. The number of carbonyl (C=O) groups excluding carboxylic acids is 1. The number of hydrogen-bond donors (Lipinski definition) is 1. The molecule has 8 nitrogen and oxygen atoms in total. The number of likely N-dealkylation sites (N-methyl/N-ethyl adjacent to an activating group) is 1. The summed E-state index contributed by atoms with van der Waals surface area (Å²) in [5, 5.41) is 12.5. The van der Waals surface area contributed by atoms with Crippen LogP contribution in [0, 0.1) is 24.7 Å². The lowest BCUT2D eigenvalue weighted by Gasteiger charge is -2.37. The number of carbonyl (C=O) groups is 2. The van der Waals surface area contributed by atoms with Crippen LogP contribution >= 0.6 is 11.3 Å². The molecular weight excluding hydrogens is 548 g/mol. The highest BCUT2D eigenvalue weighted by Crippen LogP contribution is 2.45. The molecule has 2 saturated heterocycles. The van der Waals surface area contributed by atoms with Gasteiger partial charge in [-0.25, -0.2) is 4.98 Å². The SMILES string of the molecule is CC1=CCC(OCc2ccc(C(=O)N3CCN(C)CC3)cc2C)C(c2csc(N3C[C@H]4CC[C@@H](C3)C4CC(=O)O)n2)=C1. The fourth-order valence-corrected chi connectivity index (χ4v) is 8.01. The number of nitrogens with zero attached hydrogens (tertiary/aromatic N) is 4. The molecule has 4 atom stereocenters. The second-order valence-electron chi connectivity index (χ2n) is 12.6. The van der Waals surface area contributed by atoms with Gasteiger partial charge >= 0.3 is 5.97 Å². The number of piperazine rings is 1. The molecule has 2 aliphatic carbocycles. The molecule has 6 rings (SSSR count). The fraction of sp³-hybridized carbons (Fsp3) is 0.545. The number of thiazole rings is 1. The number of amides is 1. The zero-order valence-electron chi connectivity index (χ0n) is 24.9. The van der Waals surface area contributed by atoms with Crippen LogP contribution in [-0.2, 0) is 16.1 Å². The Morgan fingerprint density at radius 3 is 2.52 bits per heavy atom. The van der Waals surface area contributed by atoms with Crippen LogP contribution in [0.15, 0.2) is 41.3 Å². The van der Waals surface area contributed by atoms with E-state index in [1.807, 2.05) is 23.1 Å². The first-order valence-corrected chi connectivity index (χ1v) is 16.1. The topological polar surface area (TPSA) is 86.2 Å². The molecule has 2 bridgehead atoms. The highest BCUT2D eigenvalue weighted by Gasteiger charge is 2.43. The third-order valence-corrected chi connectivity index (χ3v) is 10.6. The molecule has 42 heavy (non-hydrogen) atoms. The van der Waals surface area contributed by atoms with Crippen molar-refractivity contribution in [3.05, 3.63) is 63.7 Å². The van der Waals surface area contributed by atoms with Crippen molar-refractivity contribution in [1.29, 1.82) is 0 Å². The Kier molecular flexibility index (Phi) is 8.52. The van der Waals surface area contributed by atoms with Gasteiger partial charge in [0.25, 0.3) is 5.91 Å². The maximum atomic E-state index is 13.0. The van der Waals surface area contributed by atoms with Crippen molar-refractivity contribution >= 4 is 33.9 Å². The van der Waals surface area contributed by atoms with Crippen molar-refractivity contribution in [2.75, 3.05) is 51.2 Å². The number of hydrogen-bond acceptors (Lipinski definition) is 7. The van der Waals surface area contributed by atoms with Crippen LogP contribution in [0.3, 0.4) is 0 Å². The molecule has 3 heterocycles. The number of piperidine rings is 1. The van der Waals surface area contributed by atoms with Crippen molar-refractivity contribution in [2.45, 2.75) is 52.2 Å². The summed E-state index contributed by atoms with van der Waals surface area (Å²) in [5.41, 5.74) is 6.20. The summed E-state index contributed by atoms with van der Waals surface area (Å²) in [6.45, 7) is 9.80. The lowest BCUT2D eigenvalue weighted by molar-refractivity contribution is -0.138. The Labute approximate surface area is 252 Å². The quantitative estimate of drug-likeness (QED) is 0.458. The summed E-state index contributed by atoms with van der Waals surface area (Å²) < 4.78 is 6.53. The molecule has 1 saturated carbocycles. The molecule has 0 radical (unpaired) electrons. The second kappa shape index (κ2) is 12.3. The number of aryl methyl sites for hydroxylation is 1. The first-order chi connectivity index (χ1) is 20.2. The van der Waals surface area contributed by atoms with Crippen molar-refractivity contribution in [2.24, 2.45) is 17.8 Å². The Morgan fingerprint density at radius 1 is 1.10 bits per heavy atom. The minimum absolute atomic E-state index is 0.0906. The van der Waals surface area contributed by atoms with Gasteiger partial charge in [-0.15, -0.1) is 11.3 Å². The minimum atomic E-state index is -0.675. The number of fused-ring (bicyclic) bond motifs is 2. The normalized spacial score (nSPS) is 26.3. The number of aliphatic carboxylic acids is 1. The first kappa shape index (κ1) is 29.1. The molecule has 224 valence electrons. The van der Waals surface area contributed by atoms with E-state index >= 15 is 0 Å². The average Bonchev–Trinajstić information content (AvgIpc) is 3.54. The Bertz CT molecular complexity index is 1380. The van der Waals surface area contributed by atoms with Gasteiger partial charge in [-0.05, 0) is 81.2 Å². The fourth-order valence-electron chi connectivity index (χ4n) is 7.16. The summed E-state index contributed by atoms with van der Waals surface area (Å²) in [4.78, 5) is 36.1. The highest BCUT2D eigenvalue weighted by atomic mass is 32.1. The minimum Gasteiger partial charge on any atom is -0.481 e. The average molecular weight is 591 g/mol. The lowest BCUT2D eigenvalue weighted by Crippen LogP contribution is -2.47. The summed E-state index contributed by atoms with van der Waals surface area (Å²) in [6, 6.07) is 5.98. The molecule has 2 aromatic rings. The number of carboxylic acid groups (broad SMARTS) is 1. The smallest absolute Gasteiger partial charge is 0.303 e. The molecular formula is C33H42N4O4S. The highest BCUT2D eigenvalue weighted by molar-refractivity contribution is 7.13. The number of allylic oxidation sites excluding steroid dienone is 2. The summed E-state index contributed by atoms with van der Waals surface area (Å²) in [7, 11) is 2.09. The van der Waals surface area contributed by atoms with Gasteiger partial charge in [-0.2, -0.15) is 0 Å². The van der Waals surface area contributed by atoms with E-state index in [0.29, 0.717) is 30.8 Å². The molecule has 1 aromatic carbocycles. The molecule has 1 aromatic heterocycles. The van der Waals surface area contributed by atoms with Crippen LogP contribution in [0.5, 0.6) is 0 Å². The molecule has 4 aliphatic rings. The molecule has 3 fully saturated rings. The zero-order chi connectivity index (χ0) is 29.4. The Morgan fingerprint density at radius 2 is 1.83 bits per heavy atom. The van der Waals surface area contributed by atoms with E-state index in [1.54, 1.807) is 11.3 Å². The second-order valence-corrected chi connectivity index (χ2v) is 13.4. The van der Waals surface area contributed by atoms with E-state index in [1.165, 1.54) is 5.57 Å². The molecule has 1 amide bonds. The van der Waals surface area contributed by atoms with E-state index in [-0.39, 0.29) is 12.0 Å². The zero-order valence-corrected chi connectivity index (χ0v) is 25.7. The number of aromatic nitrogens is 1. The van der Waals surface area contributed by atoms with Gasteiger partial charge in [-0.3, -0.25) is 9.59 Å². The number of anilines is 1. The predicted octanol–water partition coefficient (Wildman–Crippen LogP) is 5.10. The van der Waals surface area contributed by atoms with Gasteiger partial charge in [0.05, 0.1) is 18.4 Å². The van der Waals surface area contributed by atoms with Crippen LogP contribution in [0.1, 0.15) is 59.8 Å². The number of ether oxygens (including phenoxy) is 1. The molecule has 2 aliphatic heterocycles. The van der Waals surface area contributed by atoms with Crippen LogP contribution in [0.4, 0.5) is 5.13 Å². The van der Waals surface area contributed by atoms with Gasteiger partial charge in [0.15, 0.2) is 5.13 Å². The van der Waals surface area contributed by atoms with Gasteiger partial charge in [-0.1, -0.05) is 23.8 Å². The largest absolute Gasteiger partial charge is 0.481 e. The van der Waals surface area contributed by atoms with E-state index in [0.717, 1.165) is 91.6 Å². The lowest BCUT2D eigenvalue weighted by atomic mass is 9.83. The van der Waals surface area contributed by atoms with Crippen LogP contribution in [-0.4, -0.2) is 84.2 Å². The standard InChI is InChI=1S/C33H42N4O4S/c1-21-4-9-30(41-19-26-8-5-23(15-22(26)2)32(40)36-12-10-35(3)11-13-36)28(14-21)29-20-42-33(34-29)37-17-24-6-7-25(18-37)27(24)16-31(38)39/h4-5,8,14-15,20,24-25,27,30H,6-7,9-13,16-19H2,1-3H3,(H,38,39)/t24-,25+,27?,30?. The van der Waals surface area contributed by atoms with Gasteiger partial charge in [0.2, 0.25) is 0 Å². The predicted molar refractivity (Wildman–Crippen MR) is 166 cm³/mol. The Balaban J connectivity index is 1.10. The molecule has 1 N–H and O–H groups in total.